The summed E-state index contributed by atoms with van der Waals surface area (Å²) in [7, 11) is 0. The van der Waals surface area contributed by atoms with E-state index in [0.717, 1.165) is 11.8 Å². The Kier molecular flexibility index (Phi) is 3.84. The number of carbonyl (C=O) groups excluding carboxylic acids is 1. The van der Waals surface area contributed by atoms with Crippen LogP contribution < -0.4 is 5.73 Å². The number of halogens is 1. The quantitative estimate of drug-likeness (QED) is 0.531. The molecule has 2 aromatic rings. The van der Waals surface area contributed by atoms with Crippen LogP contribution >= 0.6 is 23.4 Å². The minimum atomic E-state index is 0.148. The van der Waals surface area contributed by atoms with Crippen molar-refractivity contribution in [3.63, 3.8) is 0 Å². The van der Waals surface area contributed by atoms with Crippen molar-refractivity contribution in [1.29, 1.82) is 0 Å². The minimum absolute atomic E-state index is 0.148. The SMILES string of the molecule is CSc1nc(N)nc(-c2ccc(Cl)cc2)c1C=O. The molecule has 1 aromatic carbocycles. The molecule has 1 heterocycles. The summed E-state index contributed by atoms with van der Waals surface area (Å²) in [6, 6.07) is 7.06. The summed E-state index contributed by atoms with van der Waals surface area (Å²) >= 11 is 7.19. The summed E-state index contributed by atoms with van der Waals surface area (Å²) in [5.41, 5.74) is 7.40. The molecule has 0 spiro atoms. The van der Waals surface area contributed by atoms with Crippen molar-refractivity contribution in [3.05, 3.63) is 34.9 Å². The van der Waals surface area contributed by atoms with Crippen molar-refractivity contribution in [1.82, 2.24) is 9.97 Å². The number of benzene rings is 1. The number of nitrogens with zero attached hydrogens (tertiary/aromatic N) is 2. The Hall–Kier alpha value is -1.59. The lowest BCUT2D eigenvalue weighted by molar-refractivity contribution is 0.112. The third-order valence-electron chi connectivity index (χ3n) is 2.36. The highest BCUT2D eigenvalue weighted by Crippen LogP contribution is 2.28. The third-order valence-corrected chi connectivity index (χ3v) is 3.31. The Labute approximate surface area is 114 Å². The Morgan fingerprint density at radius 2 is 1.94 bits per heavy atom. The molecule has 0 fully saturated rings. The summed E-state index contributed by atoms with van der Waals surface area (Å²) in [4.78, 5) is 19.4. The molecule has 0 bridgehead atoms. The number of nitrogen functional groups attached to an aromatic ring is 1. The van der Waals surface area contributed by atoms with Gasteiger partial charge in [0.25, 0.3) is 0 Å². The zero-order chi connectivity index (χ0) is 13.1. The maximum Gasteiger partial charge on any atom is 0.221 e. The lowest BCUT2D eigenvalue weighted by Crippen LogP contribution is -2.03. The monoisotopic (exact) mass is 279 g/mol. The summed E-state index contributed by atoms with van der Waals surface area (Å²) in [6.45, 7) is 0. The molecule has 1 aromatic heterocycles. The second kappa shape index (κ2) is 5.37. The maximum atomic E-state index is 11.2. The number of hydrogen-bond donors (Lipinski definition) is 1. The van der Waals surface area contributed by atoms with E-state index in [4.69, 9.17) is 17.3 Å². The average Bonchev–Trinajstić information content (AvgIpc) is 2.38. The number of aromatic nitrogens is 2. The first-order valence-electron chi connectivity index (χ1n) is 5.08. The summed E-state index contributed by atoms with van der Waals surface area (Å²) in [6.07, 6.45) is 2.58. The lowest BCUT2D eigenvalue weighted by atomic mass is 10.1. The predicted molar refractivity (Wildman–Crippen MR) is 74.1 cm³/mol. The van der Waals surface area contributed by atoms with E-state index in [9.17, 15) is 4.79 Å². The van der Waals surface area contributed by atoms with Crippen LogP contribution in [0.4, 0.5) is 5.95 Å². The molecule has 0 aliphatic carbocycles. The fourth-order valence-corrected chi connectivity index (χ4v) is 2.23. The topological polar surface area (TPSA) is 68.9 Å². The van der Waals surface area contributed by atoms with Gasteiger partial charge in [0.15, 0.2) is 6.29 Å². The van der Waals surface area contributed by atoms with Crippen molar-refractivity contribution in [2.75, 3.05) is 12.0 Å². The Morgan fingerprint density at radius 3 is 2.50 bits per heavy atom. The Balaban J connectivity index is 2.65. The van der Waals surface area contributed by atoms with Crippen LogP contribution in [0.1, 0.15) is 10.4 Å². The van der Waals surface area contributed by atoms with Crippen LogP contribution in [0.2, 0.25) is 5.02 Å². The van der Waals surface area contributed by atoms with Gasteiger partial charge in [0.1, 0.15) is 5.03 Å². The molecule has 0 aliphatic rings. The molecule has 0 saturated carbocycles. The van der Waals surface area contributed by atoms with Gasteiger partial charge in [-0.25, -0.2) is 9.97 Å². The van der Waals surface area contributed by atoms with Crippen molar-refractivity contribution < 1.29 is 4.79 Å². The molecule has 0 atom stereocenters. The van der Waals surface area contributed by atoms with E-state index in [2.05, 4.69) is 9.97 Å². The van der Waals surface area contributed by atoms with Crippen molar-refractivity contribution in [2.24, 2.45) is 0 Å². The first-order valence-corrected chi connectivity index (χ1v) is 6.68. The van der Waals surface area contributed by atoms with E-state index in [0.29, 0.717) is 21.3 Å². The fourth-order valence-electron chi connectivity index (χ4n) is 1.55. The van der Waals surface area contributed by atoms with Gasteiger partial charge in [-0.1, -0.05) is 23.7 Å². The van der Waals surface area contributed by atoms with Gasteiger partial charge in [0.05, 0.1) is 11.3 Å². The molecule has 92 valence electrons. The van der Waals surface area contributed by atoms with Gasteiger partial charge in [-0.2, -0.15) is 0 Å². The standard InChI is InChI=1S/C12H10ClN3OS/c1-18-11-9(6-17)10(15-12(14)16-11)7-2-4-8(13)5-3-7/h2-6H,1H3,(H2,14,15,16). The van der Waals surface area contributed by atoms with Gasteiger partial charge in [0.2, 0.25) is 5.95 Å². The van der Waals surface area contributed by atoms with E-state index in [1.54, 1.807) is 24.3 Å². The summed E-state index contributed by atoms with van der Waals surface area (Å²) in [5.74, 6) is 0.148. The van der Waals surface area contributed by atoms with Crippen LogP contribution in [0.3, 0.4) is 0 Å². The maximum absolute atomic E-state index is 11.2. The molecule has 2 rings (SSSR count). The van der Waals surface area contributed by atoms with Gasteiger partial charge in [-0.05, 0) is 18.4 Å². The van der Waals surface area contributed by atoms with Gasteiger partial charge >= 0.3 is 0 Å². The average molecular weight is 280 g/mol. The molecular weight excluding hydrogens is 270 g/mol. The zero-order valence-electron chi connectivity index (χ0n) is 9.55. The van der Waals surface area contributed by atoms with Crippen LogP contribution in [-0.2, 0) is 0 Å². The normalized spacial score (nSPS) is 10.3. The molecule has 2 N–H and O–H groups in total. The molecular formula is C12H10ClN3OS. The smallest absolute Gasteiger partial charge is 0.221 e. The van der Waals surface area contributed by atoms with Crippen LogP contribution in [0.25, 0.3) is 11.3 Å². The van der Waals surface area contributed by atoms with Crippen LogP contribution in [0.5, 0.6) is 0 Å². The van der Waals surface area contributed by atoms with Crippen molar-refractivity contribution in [2.45, 2.75) is 5.03 Å². The molecule has 0 saturated heterocycles. The van der Waals surface area contributed by atoms with Gasteiger partial charge < -0.3 is 5.73 Å². The van der Waals surface area contributed by atoms with Gasteiger partial charge in [-0.3, -0.25) is 4.79 Å². The summed E-state index contributed by atoms with van der Waals surface area (Å²) in [5, 5.41) is 1.20. The van der Waals surface area contributed by atoms with Crippen LogP contribution in [-0.4, -0.2) is 22.5 Å². The number of thioether (sulfide) groups is 1. The molecule has 18 heavy (non-hydrogen) atoms. The number of rotatable bonds is 3. The predicted octanol–water partition coefficient (Wildman–Crippen LogP) is 2.91. The largest absolute Gasteiger partial charge is 0.368 e. The van der Waals surface area contributed by atoms with E-state index < -0.39 is 0 Å². The first-order chi connectivity index (χ1) is 8.65. The van der Waals surface area contributed by atoms with Gasteiger partial charge in [0, 0.05) is 10.6 Å². The lowest BCUT2D eigenvalue weighted by Gasteiger charge is -2.08. The fraction of sp³-hybridized carbons (Fsp3) is 0.0833. The molecule has 0 aliphatic heterocycles. The number of anilines is 1. The first kappa shape index (κ1) is 12.9. The number of nitrogens with two attached hydrogens (primary N) is 1. The highest BCUT2D eigenvalue weighted by Gasteiger charge is 2.13. The molecule has 0 amide bonds. The second-order valence-electron chi connectivity index (χ2n) is 3.48. The highest BCUT2D eigenvalue weighted by molar-refractivity contribution is 7.98. The van der Waals surface area contributed by atoms with Crippen molar-refractivity contribution in [3.8, 4) is 11.3 Å². The van der Waals surface area contributed by atoms with E-state index >= 15 is 0 Å². The highest BCUT2D eigenvalue weighted by atomic mass is 35.5. The van der Waals surface area contributed by atoms with Crippen molar-refractivity contribution >= 4 is 35.6 Å². The molecule has 0 unspecified atom stereocenters. The second-order valence-corrected chi connectivity index (χ2v) is 4.71. The summed E-state index contributed by atoms with van der Waals surface area (Å²) < 4.78 is 0. The van der Waals surface area contributed by atoms with E-state index in [1.165, 1.54) is 11.8 Å². The third kappa shape index (κ3) is 2.47. The molecule has 4 nitrogen and oxygen atoms in total. The van der Waals surface area contributed by atoms with Crippen LogP contribution in [0, 0.1) is 0 Å². The molecule has 0 radical (unpaired) electrons. The van der Waals surface area contributed by atoms with E-state index in [1.807, 2.05) is 6.26 Å². The Morgan fingerprint density at radius 1 is 1.28 bits per heavy atom. The number of aldehydes is 1. The van der Waals surface area contributed by atoms with E-state index in [-0.39, 0.29) is 5.95 Å². The number of carbonyl (C=O) groups is 1. The zero-order valence-corrected chi connectivity index (χ0v) is 11.1. The van der Waals surface area contributed by atoms with Gasteiger partial charge in [-0.15, -0.1) is 11.8 Å². The molecule has 6 heteroatoms. The number of hydrogen-bond acceptors (Lipinski definition) is 5. The minimum Gasteiger partial charge on any atom is -0.368 e. The van der Waals surface area contributed by atoms with Crippen LogP contribution in [0.15, 0.2) is 29.3 Å². The Bertz CT molecular complexity index is 587.